The number of anilines is 3. The summed E-state index contributed by atoms with van der Waals surface area (Å²) in [6.07, 6.45) is 2.35. The van der Waals surface area contributed by atoms with E-state index in [0.717, 1.165) is 39.0 Å². The predicted molar refractivity (Wildman–Crippen MR) is 196 cm³/mol. The first kappa shape index (κ1) is 33.3. The number of aryl methyl sites for hydroxylation is 1. The Morgan fingerprint density at radius 3 is 2.49 bits per heavy atom. The molecule has 1 spiro atoms. The van der Waals surface area contributed by atoms with Gasteiger partial charge in [0.1, 0.15) is 5.75 Å². The van der Waals surface area contributed by atoms with Crippen molar-refractivity contribution in [1.29, 1.82) is 0 Å². The number of ether oxygens (including phenoxy) is 2. The maximum absolute atomic E-state index is 14.9. The number of carbonyl (C=O) groups is 2. The van der Waals surface area contributed by atoms with E-state index in [1.54, 1.807) is 21.6 Å². The molecule has 1 aromatic heterocycles. The topological polar surface area (TPSA) is 130 Å². The van der Waals surface area contributed by atoms with E-state index in [-0.39, 0.29) is 29.9 Å². The normalized spacial score (nSPS) is 22.5. The summed E-state index contributed by atoms with van der Waals surface area (Å²) in [6, 6.07) is 25.2. The molecule has 2 N–H and O–H groups in total. The third-order valence-electron chi connectivity index (χ3n) is 10.9. The summed E-state index contributed by atoms with van der Waals surface area (Å²) < 4.78 is 14.3. The molecule has 1 fully saturated rings. The van der Waals surface area contributed by atoms with Gasteiger partial charge < -0.3 is 24.3 Å². The van der Waals surface area contributed by atoms with Gasteiger partial charge in [-0.25, -0.2) is 0 Å². The molecule has 0 radical (unpaired) electrons. The zero-order valence-electron chi connectivity index (χ0n) is 29.1. The monoisotopic (exact) mass is 703 g/mol. The average Bonchev–Trinajstić information content (AvgIpc) is 3.84. The Morgan fingerprint density at radius 1 is 1.00 bits per heavy atom. The van der Waals surface area contributed by atoms with Crippen molar-refractivity contribution in [2.45, 2.75) is 63.2 Å². The molecule has 51 heavy (non-hydrogen) atoms. The predicted octanol–water partition coefficient (Wildman–Crippen LogP) is 5.70. The van der Waals surface area contributed by atoms with Crippen LogP contribution in [0.4, 0.5) is 17.1 Å². The highest BCUT2D eigenvalue weighted by atomic mass is 28.4. The Labute approximate surface area is 297 Å². The Morgan fingerprint density at radius 2 is 1.76 bits per heavy atom. The third kappa shape index (κ3) is 5.27. The molecule has 4 atom stereocenters. The second-order valence-electron chi connectivity index (χ2n) is 14.4. The molecule has 12 heteroatoms. The molecular formula is C39H41N5O6Si. The minimum atomic E-state index is -2.86. The fourth-order valence-corrected chi connectivity index (χ4v) is 11.3. The number of benzene rings is 4. The molecule has 8 rings (SSSR count). The molecule has 4 heterocycles. The molecular weight excluding hydrogens is 663 g/mol. The van der Waals surface area contributed by atoms with Crippen LogP contribution >= 0.6 is 0 Å². The van der Waals surface area contributed by atoms with E-state index < -0.39 is 20.0 Å². The van der Waals surface area contributed by atoms with E-state index in [1.165, 1.54) is 0 Å². The Kier molecular flexibility index (Phi) is 8.10. The van der Waals surface area contributed by atoms with Crippen molar-refractivity contribution in [3.8, 4) is 5.75 Å². The molecule has 3 aliphatic rings. The summed E-state index contributed by atoms with van der Waals surface area (Å²) in [5.74, 6) is 0.0612. The fourth-order valence-electron chi connectivity index (χ4n) is 8.65. The van der Waals surface area contributed by atoms with E-state index in [1.807, 2.05) is 105 Å². The van der Waals surface area contributed by atoms with Crippen LogP contribution in [0.1, 0.15) is 40.5 Å². The second-order valence-corrected chi connectivity index (χ2v) is 18.3. The molecule has 1 saturated heterocycles. The van der Waals surface area contributed by atoms with Gasteiger partial charge in [-0.05, 0) is 72.9 Å². The first-order valence-electron chi connectivity index (χ1n) is 17.4. The number of amides is 2. The molecule has 0 aliphatic carbocycles. The molecule has 3 aliphatic heterocycles. The second kappa shape index (κ2) is 12.4. The number of carbonyl (C=O) groups excluding carboxylic acids is 2. The molecule has 4 aromatic carbocycles. The van der Waals surface area contributed by atoms with Crippen LogP contribution in [0.2, 0.25) is 18.6 Å². The zero-order valence-corrected chi connectivity index (χ0v) is 30.1. The minimum absolute atomic E-state index is 0.00771. The van der Waals surface area contributed by atoms with Gasteiger partial charge in [0.15, 0.2) is 13.9 Å². The van der Waals surface area contributed by atoms with Crippen LogP contribution < -0.4 is 14.5 Å². The van der Waals surface area contributed by atoms with Gasteiger partial charge in [0, 0.05) is 53.9 Å². The number of hydrogen-bond donors (Lipinski definition) is 2. The minimum Gasteiger partial charge on any atom is -0.497 e. The van der Waals surface area contributed by atoms with Gasteiger partial charge in [-0.1, -0.05) is 48.5 Å². The summed E-state index contributed by atoms with van der Waals surface area (Å²) in [7, 11) is -1.26. The van der Waals surface area contributed by atoms with Gasteiger partial charge in [-0.15, -0.1) is 5.10 Å². The van der Waals surface area contributed by atoms with Crippen LogP contribution in [-0.4, -0.2) is 64.8 Å². The molecule has 0 saturated carbocycles. The number of methoxy groups -OCH3 is 1. The Hall–Kier alpha value is -4.88. The lowest BCUT2D eigenvalue weighted by molar-refractivity contribution is -0.146. The van der Waals surface area contributed by atoms with Crippen molar-refractivity contribution in [2.24, 2.45) is 5.92 Å². The van der Waals surface area contributed by atoms with Crippen LogP contribution in [0.5, 0.6) is 5.75 Å². The molecule has 0 unspecified atom stereocenters. The first-order valence-corrected chi connectivity index (χ1v) is 20.4. The zero-order chi connectivity index (χ0) is 35.7. The number of nitrogens with zero attached hydrogens (tertiary/aromatic N) is 5. The SMILES string of the molecule is COc1ccc2c(c1)[C@]1(O[C@@H](CCn3cc(CCO)nn3)[C@H]([Si](C)(C)O)[C@H]1C)C(=O)N2Cc1ccc(N2C(=O)c3cccc4cccc2c34)cc1. The van der Waals surface area contributed by atoms with Crippen molar-refractivity contribution in [1.82, 2.24) is 15.0 Å². The number of rotatable bonds is 10. The van der Waals surface area contributed by atoms with Gasteiger partial charge in [0.2, 0.25) is 0 Å². The number of aromatic nitrogens is 3. The van der Waals surface area contributed by atoms with Gasteiger partial charge in [0.05, 0.1) is 42.4 Å². The van der Waals surface area contributed by atoms with Crippen LogP contribution in [-0.2, 0) is 34.6 Å². The fraction of sp³-hybridized carbons (Fsp3) is 0.333. The Bertz CT molecular complexity index is 2160. The quantitative estimate of drug-likeness (QED) is 0.177. The van der Waals surface area contributed by atoms with Crippen LogP contribution in [0.3, 0.4) is 0 Å². The van der Waals surface area contributed by atoms with Crippen molar-refractivity contribution in [2.75, 3.05) is 23.5 Å². The summed E-state index contributed by atoms with van der Waals surface area (Å²) in [4.78, 5) is 43.7. The van der Waals surface area contributed by atoms with Gasteiger partial charge in [0.25, 0.3) is 11.8 Å². The van der Waals surface area contributed by atoms with Crippen LogP contribution in [0.15, 0.2) is 85.1 Å². The van der Waals surface area contributed by atoms with E-state index in [0.29, 0.717) is 42.9 Å². The molecule has 5 aromatic rings. The first-order chi connectivity index (χ1) is 24.5. The lowest BCUT2D eigenvalue weighted by atomic mass is 9.82. The highest BCUT2D eigenvalue weighted by Crippen LogP contribution is 2.60. The van der Waals surface area contributed by atoms with E-state index in [2.05, 4.69) is 10.3 Å². The smallest absolute Gasteiger partial charge is 0.264 e. The summed E-state index contributed by atoms with van der Waals surface area (Å²) in [5, 5.41) is 19.6. The van der Waals surface area contributed by atoms with E-state index in [9.17, 15) is 19.5 Å². The molecule has 2 amide bonds. The number of fused-ring (bicyclic) bond motifs is 2. The molecule has 262 valence electrons. The van der Waals surface area contributed by atoms with Crippen molar-refractivity contribution < 1.29 is 29.0 Å². The third-order valence-corrected chi connectivity index (χ3v) is 13.4. The number of aliphatic hydroxyl groups is 1. The molecule has 0 bridgehead atoms. The maximum atomic E-state index is 14.9. The van der Waals surface area contributed by atoms with Crippen LogP contribution in [0.25, 0.3) is 10.8 Å². The van der Waals surface area contributed by atoms with Crippen molar-refractivity contribution >= 4 is 48.0 Å². The largest absolute Gasteiger partial charge is 0.497 e. The average molecular weight is 704 g/mol. The standard InChI is InChI=1S/C39H41N5O6Si/c1-24-36(51(3,4)48)34(17-19-42-23-27(18-20-45)40-41-42)50-39(24)31-21-29(49-2)15-16-32(31)43(38(39)47)22-25-11-13-28(14-12-25)44-33-10-6-8-26-7-5-9-30(35(26)33)37(44)46/h5-16,21,23-24,34,36,45,48H,17-20,22H2,1-4H3/t24-,34+,36-,39+/m1/s1. The van der Waals surface area contributed by atoms with E-state index >= 15 is 0 Å². The Balaban J connectivity index is 1.10. The number of hydrogen-bond acceptors (Lipinski definition) is 8. The van der Waals surface area contributed by atoms with Crippen LogP contribution in [0, 0.1) is 5.92 Å². The van der Waals surface area contributed by atoms with Gasteiger partial charge >= 0.3 is 0 Å². The van der Waals surface area contributed by atoms with Gasteiger partial charge in [-0.3, -0.25) is 19.2 Å². The number of aliphatic hydroxyl groups excluding tert-OH is 1. The highest BCUT2D eigenvalue weighted by Gasteiger charge is 2.66. The van der Waals surface area contributed by atoms with E-state index in [4.69, 9.17) is 9.47 Å². The lowest BCUT2D eigenvalue weighted by Gasteiger charge is -2.32. The maximum Gasteiger partial charge on any atom is 0.264 e. The van der Waals surface area contributed by atoms with Gasteiger partial charge in [-0.2, -0.15) is 0 Å². The summed E-state index contributed by atoms with van der Waals surface area (Å²) >= 11 is 0. The molecule has 11 nitrogen and oxygen atoms in total. The summed E-state index contributed by atoms with van der Waals surface area (Å²) in [5.41, 5.74) is 3.83. The lowest BCUT2D eigenvalue weighted by Crippen LogP contribution is -2.46. The highest BCUT2D eigenvalue weighted by molar-refractivity contribution is 6.71. The van der Waals surface area contributed by atoms with Crippen molar-refractivity contribution in [3.05, 3.63) is 107 Å². The van der Waals surface area contributed by atoms with Crippen molar-refractivity contribution in [3.63, 3.8) is 0 Å². The summed E-state index contributed by atoms with van der Waals surface area (Å²) in [6.45, 7) is 6.62.